The topological polar surface area (TPSA) is 88.2 Å². The van der Waals surface area contributed by atoms with Gasteiger partial charge in [-0.1, -0.05) is 42.1 Å². The molecule has 188 valence electrons. The van der Waals surface area contributed by atoms with Gasteiger partial charge in [0.25, 0.3) is 11.8 Å². The van der Waals surface area contributed by atoms with Crippen molar-refractivity contribution in [3.05, 3.63) is 119 Å². The minimum Gasteiger partial charge on any atom is -0.322 e. The van der Waals surface area contributed by atoms with Crippen LogP contribution in [0.2, 0.25) is 0 Å². The SMILES string of the molecule is CC(=O)c1ccc(NC(=O)c2ccc(CSc3nc4ccc(NC(=O)c5ccccc5)cc4s3)cc2)cc1. The first-order valence-corrected chi connectivity index (χ1v) is 13.7. The van der Waals surface area contributed by atoms with Crippen LogP contribution in [0.15, 0.2) is 101 Å². The van der Waals surface area contributed by atoms with Crippen molar-refractivity contribution in [2.45, 2.75) is 17.0 Å². The molecule has 0 unspecified atom stereocenters. The summed E-state index contributed by atoms with van der Waals surface area (Å²) in [5, 5.41) is 5.79. The lowest BCUT2D eigenvalue weighted by molar-refractivity contribution is 0.101. The van der Waals surface area contributed by atoms with E-state index in [1.807, 2.05) is 48.5 Å². The van der Waals surface area contributed by atoms with Crippen molar-refractivity contribution in [3.8, 4) is 0 Å². The second-order valence-electron chi connectivity index (χ2n) is 8.56. The molecule has 1 heterocycles. The van der Waals surface area contributed by atoms with Crippen molar-refractivity contribution in [2.24, 2.45) is 0 Å². The van der Waals surface area contributed by atoms with Gasteiger partial charge in [-0.05, 0) is 79.2 Å². The largest absolute Gasteiger partial charge is 0.322 e. The third-order valence-electron chi connectivity index (χ3n) is 5.79. The maximum Gasteiger partial charge on any atom is 0.255 e. The quantitative estimate of drug-likeness (QED) is 0.160. The van der Waals surface area contributed by atoms with Gasteiger partial charge < -0.3 is 10.6 Å². The Morgan fingerprint density at radius 2 is 1.34 bits per heavy atom. The molecule has 5 aromatic rings. The molecular weight excluding hydrogens is 514 g/mol. The van der Waals surface area contributed by atoms with Crippen LogP contribution in [0.1, 0.15) is 43.6 Å². The molecule has 1 aromatic heterocycles. The number of benzene rings is 4. The molecule has 0 radical (unpaired) electrons. The highest BCUT2D eigenvalue weighted by molar-refractivity contribution is 8.00. The number of thioether (sulfide) groups is 1. The highest BCUT2D eigenvalue weighted by Gasteiger charge is 2.10. The third-order valence-corrected chi connectivity index (χ3v) is 8.02. The van der Waals surface area contributed by atoms with Crippen LogP contribution in [-0.2, 0) is 5.75 Å². The fraction of sp³-hybridized carbons (Fsp3) is 0.0667. The van der Waals surface area contributed by atoms with Crippen LogP contribution in [0, 0.1) is 0 Å². The minimum absolute atomic E-state index is 0.0146. The Morgan fingerprint density at radius 3 is 2.03 bits per heavy atom. The maximum absolute atomic E-state index is 12.6. The first kappa shape index (κ1) is 25.4. The van der Waals surface area contributed by atoms with Crippen LogP contribution in [0.3, 0.4) is 0 Å². The lowest BCUT2D eigenvalue weighted by atomic mass is 10.1. The van der Waals surface area contributed by atoms with E-state index in [1.165, 1.54) is 6.92 Å². The van der Waals surface area contributed by atoms with Crippen molar-refractivity contribution >= 4 is 62.3 Å². The summed E-state index contributed by atoms with van der Waals surface area (Å²) in [5.74, 6) is 0.346. The predicted octanol–water partition coefficient (Wildman–Crippen LogP) is 7.30. The number of aromatic nitrogens is 1. The van der Waals surface area contributed by atoms with Crippen molar-refractivity contribution in [3.63, 3.8) is 0 Å². The smallest absolute Gasteiger partial charge is 0.255 e. The Labute approximate surface area is 228 Å². The molecule has 0 saturated carbocycles. The molecule has 0 aliphatic heterocycles. The van der Waals surface area contributed by atoms with Gasteiger partial charge in [0.2, 0.25) is 0 Å². The number of hydrogen-bond donors (Lipinski definition) is 2. The number of ketones is 1. The summed E-state index contributed by atoms with van der Waals surface area (Å²) in [6, 6.07) is 29.1. The van der Waals surface area contributed by atoms with Gasteiger partial charge in [0.1, 0.15) is 0 Å². The number of fused-ring (bicyclic) bond motifs is 1. The van der Waals surface area contributed by atoms with Gasteiger partial charge in [-0.3, -0.25) is 14.4 Å². The number of thiazole rings is 1. The Balaban J connectivity index is 1.18. The summed E-state index contributed by atoms with van der Waals surface area (Å²) >= 11 is 3.21. The Morgan fingerprint density at radius 1 is 0.737 bits per heavy atom. The average Bonchev–Trinajstić information content (AvgIpc) is 3.35. The zero-order valence-electron chi connectivity index (χ0n) is 20.4. The molecule has 0 bridgehead atoms. The fourth-order valence-electron chi connectivity index (χ4n) is 3.72. The van der Waals surface area contributed by atoms with E-state index in [0.29, 0.717) is 28.1 Å². The number of carbonyl (C=O) groups excluding carboxylic acids is 3. The van der Waals surface area contributed by atoms with Gasteiger partial charge in [-0.15, -0.1) is 11.3 Å². The zero-order valence-corrected chi connectivity index (χ0v) is 22.1. The van der Waals surface area contributed by atoms with E-state index in [0.717, 1.165) is 25.8 Å². The number of amides is 2. The highest BCUT2D eigenvalue weighted by atomic mass is 32.2. The van der Waals surface area contributed by atoms with Gasteiger partial charge in [0, 0.05) is 33.8 Å². The minimum atomic E-state index is -0.207. The number of nitrogens with one attached hydrogen (secondary N) is 2. The van der Waals surface area contributed by atoms with E-state index in [1.54, 1.807) is 71.6 Å². The fourth-order valence-corrected chi connectivity index (χ4v) is 5.79. The molecule has 8 heteroatoms. The summed E-state index contributed by atoms with van der Waals surface area (Å²) < 4.78 is 1.93. The van der Waals surface area contributed by atoms with Gasteiger partial charge in [-0.2, -0.15) is 0 Å². The number of Topliss-reactive ketones (excluding diaryl/α,β-unsaturated/α-hetero) is 1. The molecule has 38 heavy (non-hydrogen) atoms. The van der Waals surface area contributed by atoms with E-state index in [9.17, 15) is 14.4 Å². The van der Waals surface area contributed by atoms with Crippen molar-refractivity contribution in [1.29, 1.82) is 0 Å². The molecule has 0 aliphatic carbocycles. The van der Waals surface area contributed by atoms with Crippen LogP contribution in [0.4, 0.5) is 11.4 Å². The summed E-state index contributed by atoms with van der Waals surface area (Å²) in [6.07, 6.45) is 0. The van der Waals surface area contributed by atoms with Gasteiger partial charge in [-0.25, -0.2) is 4.98 Å². The van der Waals surface area contributed by atoms with E-state index in [-0.39, 0.29) is 17.6 Å². The van der Waals surface area contributed by atoms with Crippen LogP contribution >= 0.6 is 23.1 Å². The monoisotopic (exact) mass is 537 g/mol. The van der Waals surface area contributed by atoms with E-state index in [4.69, 9.17) is 4.98 Å². The van der Waals surface area contributed by atoms with E-state index >= 15 is 0 Å². The molecule has 0 spiro atoms. The molecular formula is C30H23N3O3S2. The molecule has 0 fully saturated rings. The van der Waals surface area contributed by atoms with E-state index in [2.05, 4.69) is 10.6 Å². The number of rotatable bonds is 8. The van der Waals surface area contributed by atoms with Crippen molar-refractivity contribution in [1.82, 2.24) is 4.98 Å². The molecule has 6 nitrogen and oxygen atoms in total. The standard InChI is InChI=1S/C30H23N3O3S2/c1-19(34)21-11-13-24(14-12-21)31-29(36)23-9-7-20(8-10-23)18-37-30-33-26-16-15-25(17-27(26)38-30)32-28(35)22-5-3-2-4-6-22/h2-17H,18H2,1H3,(H,31,36)(H,32,35). The van der Waals surface area contributed by atoms with Crippen molar-refractivity contribution < 1.29 is 14.4 Å². The summed E-state index contributed by atoms with van der Waals surface area (Å²) in [4.78, 5) is 41.1. The second-order valence-corrected chi connectivity index (χ2v) is 10.8. The summed E-state index contributed by atoms with van der Waals surface area (Å²) in [5.41, 5.74) is 5.10. The lowest BCUT2D eigenvalue weighted by Gasteiger charge is -2.07. The third kappa shape index (κ3) is 6.16. The Bertz CT molecular complexity index is 1610. The number of nitrogens with zero attached hydrogens (tertiary/aromatic N) is 1. The first-order valence-electron chi connectivity index (χ1n) is 11.9. The molecule has 4 aromatic carbocycles. The zero-order chi connectivity index (χ0) is 26.5. The Kier molecular flexibility index (Phi) is 7.62. The molecule has 5 rings (SSSR count). The molecule has 2 amide bonds. The average molecular weight is 538 g/mol. The predicted molar refractivity (Wildman–Crippen MR) is 154 cm³/mol. The normalized spacial score (nSPS) is 10.8. The van der Waals surface area contributed by atoms with Crippen LogP contribution < -0.4 is 10.6 Å². The van der Waals surface area contributed by atoms with Gasteiger partial charge in [0.15, 0.2) is 10.1 Å². The number of hydrogen-bond acceptors (Lipinski definition) is 6. The van der Waals surface area contributed by atoms with Crippen LogP contribution in [-0.4, -0.2) is 22.6 Å². The van der Waals surface area contributed by atoms with Gasteiger partial charge >= 0.3 is 0 Å². The van der Waals surface area contributed by atoms with Crippen molar-refractivity contribution in [2.75, 3.05) is 10.6 Å². The van der Waals surface area contributed by atoms with Crippen LogP contribution in [0.25, 0.3) is 10.2 Å². The number of anilines is 2. The maximum atomic E-state index is 12.6. The highest BCUT2D eigenvalue weighted by Crippen LogP contribution is 2.33. The van der Waals surface area contributed by atoms with E-state index < -0.39 is 0 Å². The number of carbonyl (C=O) groups is 3. The second kappa shape index (κ2) is 11.4. The molecule has 0 atom stereocenters. The van der Waals surface area contributed by atoms with Gasteiger partial charge in [0.05, 0.1) is 10.2 Å². The first-order chi connectivity index (χ1) is 18.4. The summed E-state index contributed by atoms with van der Waals surface area (Å²) in [6.45, 7) is 1.51. The molecule has 0 aliphatic rings. The lowest BCUT2D eigenvalue weighted by Crippen LogP contribution is -2.11. The molecule has 0 saturated heterocycles. The molecule has 2 N–H and O–H groups in total. The summed E-state index contributed by atoms with van der Waals surface area (Å²) in [7, 11) is 0. The van der Waals surface area contributed by atoms with Crippen LogP contribution in [0.5, 0.6) is 0 Å². The Hall–Kier alpha value is -4.27.